The second kappa shape index (κ2) is 11.7. The molecular weight excluding hydrogens is 476 g/mol. The fourth-order valence-electron chi connectivity index (χ4n) is 5.47. The summed E-state index contributed by atoms with van der Waals surface area (Å²) in [7, 11) is 1.83. The summed E-state index contributed by atoms with van der Waals surface area (Å²) in [4.78, 5) is 30.9. The second-order valence-electron chi connectivity index (χ2n) is 10.9. The first-order valence-corrected chi connectivity index (χ1v) is 13.6. The SMILES string of the molecule is CC(C)Cc1cc(C(=O)N2CCC[C@](COc3cccc(Cl)c3)(CC(=O)N3CCCCC3)C2)n(C)n1. The summed E-state index contributed by atoms with van der Waals surface area (Å²) < 4.78 is 7.90. The van der Waals surface area contributed by atoms with E-state index in [2.05, 4.69) is 18.9 Å². The molecule has 2 aliphatic heterocycles. The van der Waals surface area contributed by atoms with Crippen molar-refractivity contribution in [1.82, 2.24) is 19.6 Å². The molecule has 2 aromatic rings. The number of carbonyl (C=O) groups excluding carboxylic acids is 2. The number of likely N-dealkylation sites (tertiary alicyclic amines) is 2. The molecule has 1 atom stereocenters. The maximum absolute atomic E-state index is 13.6. The van der Waals surface area contributed by atoms with Crippen LogP contribution < -0.4 is 4.74 Å². The summed E-state index contributed by atoms with van der Waals surface area (Å²) >= 11 is 6.17. The first-order chi connectivity index (χ1) is 17.2. The van der Waals surface area contributed by atoms with Crippen LogP contribution in [0.15, 0.2) is 30.3 Å². The molecule has 7 nitrogen and oxygen atoms in total. The third kappa shape index (κ3) is 6.61. The molecular formula is C28H39ClN4O3. The summed E-state index contributed by atoms with van der Waals surface area (Å²) in [5.41, 5.74) is 1.08. The molecule has 0 unspecified atom stereocenters. The van der Waals surface area contributed by atoms with E-state index in [0.717, 1.165) is 50.9 Å². The zero-order chi connectivity index (χ0) is 25.7. The molecule has 2 aliphatic rings. The Balaban J connectivity index is 1.53. The number of aryl methyl sites for hydroxylation is 1. The first kappa shape index (κ1) is 26.5. The minimum absolute atomic E-state index is 0.0303. The molecule has 0 saturated carbocycles. The summed E-state index contributed by atoms with van der Waals surface area (Å²) in [6.45, 7) is 7.45. The number of hydrogen-bond acceptors (Lipinski definition) is 4. The van der Waals surface area contributed by atoms with Crippen LogP contribution in [0.3, 0.4) is 0 Å². The summed E-state index contributed by atoms with van der Waals surface area (Å²) in [5, 5.41) is 5.18. The highest BCUT2D eigenvalue weighted by Gasteiger charge is 2.41. The van der Waals surface area contributed by atoms with E-state index >= 15 is 0 Å². The van der Waals surface area contributed by atoms with Crippen molar-refractivity contribution >= 4 is 23.4 Å². The van der Waals surface area contributed by atoms with Gasteiger partial charge in [0.15, 0.2) is 0 Å². The van der Waals surface area contributed by atoms with Gasteiger partial charge in [0.1, 0.15) is 11.4 Å². The molecule has 196 valence electrons. The largest absolute Gasteiger partial charge is 0.493 e. The van der Waals surface area contributed by atoms with Crippen molar-refractivity contribution in [2.24, 2.45) is 18.4 Å². The molecule has 1 aromatic heterocycles. The lowest BCUT2D eigenvalue weighted by molar-refractivity contribution is -0.136. The fourth-order valence-corrected chi connectivity index (χ4v) is 5.65. The number of piperidine rings is 2. The normalized spacial score (nSPS) is 20.6. The Labute approximate surface area is 219 Å². The predicted octanol–water partition coefficient (Wildman–Crippen LogP) is 4.98. The number of hydrogen-bond donors (Lipinski definition) is 0. The van der Waals surface area contributed by atoms with Crippen LogP contribution in [0.2, 0.25) is 5.02 Å². The van der Waals surface area contributed by atoms with Crippen molar-refractivity contribution in [1.29, 1.82) is 0 Å². The Bertz CT molecular complexity index is 1060. The molecule has 0 N–H and O–H groups in total. The van der Waals surface area contributed by atoms with E-state index in [1.807, 2.05) is 41.1 Å². The van der Waals surface area contributed by atoms with Gasteiger partial charge in [-0.3, -0.25) is 14.3 Å². The predicted molar refractivity (Wildman–Crippen MR) is 141 cm³/mol. The average molecular weight is 515 g/mol. The molecule has 0 bridgehead atoms. The molecule has 0 radical (unpaired) electrons. The average Bonchev–Trinajstić information content (AvgIpc) is 3.22. The van der Waals surface area contributed by atoms with Gasteiger partial charge in [-0.2, -0.15) is 5.10 Å². The van der Waals surface area contributed by atoms with E-state index in [1.165, 1.54) is 6.42 Å². The summed E-state index contributed by atoms with van der Waals surface area (Å²) in [6.07, 6.45) is 6.17. The number of halogens is 1. The van der Waals surface area contributed by atoms with Gasteiger partial charge in [0.2, 0.25) is 5.91 Å². The Morgan fingerprint density at radius 1 is 1.08 bits per heavy atom. The topological polar surface area (TPSA) is 67.7 Å². The van der Waals surface area contributed by atoms with Crippen LogP contribution in [-0.4, -0.2) is 64.2 Å². The highest BCUT2D eigenvalue weighted by molar-refractivity contribution is 6.30. The number of ether oxygens (including phenoxy) is 1. The minimum atomic E-state index is -0.454. The van der Waals surface area contributed by atoms with Crippen LogP contribution in [0.1, 0.15) is 68.6 Å². The van der Waals surface area contributed by atoms with E-state index in [1.54, 1.807) is 10.7 Å². The van der Waals surface area contributed by atoms with Crippen molar-refractivity contribution in [3.8, 4) is 5.75 Å². The molecule has 4 rings (SSSR count). The number of benzene rings is 1. The third-order valence-electron chi connectivity index (χ3n) is 7.29. The van der Waals surface area contributed by atoms with E-state index in [4.69, 9.17) is 16.3 Å². The lowest BCUT2D eigenvalue weighted by Crippen LogP contribution is -2.51. The van der Waals surface area contributed by atoms with Gasteiger partial charge in [-0.15, -0.1) is 0 Å². The number of amides is 2. The highest BCUT2D eigenvalue weighted by Crippen LogP contribution is 2.36. The van der Waals surface area contributed by atoms with Gasteiger partial charge in [-0.1, -0.05) is 31.5 Å². The molecule has 0 aliphatic carbocycles. The van der Waals surface area contributed by atoms with Crippen molar-refractivity contribution in [3.63, 3.8) is 0 Å². The van der Waals surface area contributed by atoms with Crippen LogP contribution in [0.5, 0.6) is 5.75 Å². The van der Waals surface area contributed by atoms with E-state index < -0.39 is 5.41 Å². The van der Waals surface area contributed by atoms with Crippen LogP contribution in [0.25, 0.3) is 0 Å². The van der Waals surface area contributed by atoms with Crippen LogP contribution in [0.4, 0.5) is 0 Å². The Kier molecular flexibility index (Phi) is 8.60. The molecule has 3 heterocycles. The first-order valence-electron chi connectivity index (χ1n) is 13.2. The Morgan fingerprint density at radius 2 is 1.83 bits per heavy atom. The van der Waals surface area contributed by atoms with Gasteiger partial charge >= 0.3 is 0 Å². The van der Waals surface area contributed by atoms with Crippen molar-refractivity contribution < 1.29 is 14.3 Å². The molecule has 36 heavy (non-hydrogen) atoms. The lowest BCUT2D eigenvalue weighted by atomic mass is 9.77. The third-order valence-corrected chi connectivity index (χ3v) is 7.53. The maximum atomic E-state index is 13.6. The van der Waals surface area contributed by atoms with Crippen LogP contribution in [-0.2, 0) is 18.3 Å². The van der Waals surface area contributed by atoms with Crippen molar-refractivity contribution in [2.45, 2.75) is 58.8 Å². The van der Waals surface area contributed by atoms with Crippen LogP contribution >= 0.6 is 11.6 Å². The lowest BCUT2D eigenvalue weighted by Gasteiger charge is -2.43. The van der Waals surface area contributed by atoms with Gasteiger partial charge in [0.05, 0.1) is 12.3 Å². The van der Waals surface area contributed by atoms with E-state index in [-0.39, 0.29) is 11.8 Å². The smallest absolute Gasteiger partial charge is 0.272 e. The van der Waals surface area contributed by atoms with Gasteiger partial charge < -0.3 is 14.5 Å². The molecule has 2 fully saturated rings. The summed E-state index contributed by atoms with van der Waals surface area (Å²) in [6, 6.07) is 9.26. The number of carbonyl (C=O) groups is 2. The quantitative estimate of drug-likeness (QED) is 0.498. The summed E-state index contributed by atoms with van der Waals surface area (Å²) in [5.74, 6) is 1.28. The maximum Gasteiger partial charge on any atom is 0.272 e. The minimum Gasteiger partial charge on any atom is -0.493 e. The number of aromatic nitrogens is 2. The molecule has 1 aromatic carbocycles. The number of nitrogens with zero attached hydrogens (tertiary/aromatic N) is 4. The zero-order valence-electron chi connectivity index (χ0n) is 21.8. The highest BCUT2D eigenvalue weighted by atomic mass is 35.5. The van der Waals surface area contributed by atoms with Gasteiger partial charge in [-0.25, -0.2) is 0 Å². The molecule has 2 saturated heterocycles. The number of rotatable bonds is 8. The van der Waals surface area contributed by atoms with Crippen molar-refractivity contribution in [2.75, 3.05) is 32.8 Å². The van der Waals surface area contributed by atoms with Crippen LogP contribution in [0, 0.1) is 11.3 Å². The molecule has 8 heteroatoms. The van der Waals surface area contributed by atoms with Crippen molar-refractivity contribution in [3.05, 3.63) is 46.7 Å². The standard InChI is InChI=1S/C28H39ClN4O3/c1-21(2)15-23-17-25(31(3)30-23)27(35)33-14-8-11-28(19-33,18-26(34)32-12-5-4-6-13-32)20-36-24-10-7-9-22(29)16-24/h7,9-10,16-17,21H,4-6,8,11-15,18-20H2,1-3H3/t28-/m0/s1. The van der Waals surface area contributed by atoms with E-state index in [9.17, 15) is 9.59 Å². The fraction of sp³-hybridized carbons (Fsp3) is 0.607. The second-order valence-corrected chi connectivity index (χ2v) is 11.4. The molecule has 2 amide bonds. The monoisotopic (exact) mass is 514 g/mol. The van der Waals surface area contributed by atoms with Gasteiger partial charge in [0, 0.05) is 50.1 Å². The Morgan fingerprint density at radius 3 is 2.56 bits per heavy atom. The zero-order valence-corrected chi connectivity index (χ0v) is 22.6. The van der Waals surface area contributed by atoms with Gasteiger partial charge in [-0.05, 0) is 68.7 Å². The van der Waals surface area contributed by atoms with E-state index in [0.29, 0.717) is 48.5 Å². The molecule has 0 spiro atoms. The van der Waals surface area contributed by atoms with Gasteiger partial charge in [0.25, 0.3) is 5.91 Å². The Hall–Kier alpha value is -2.54.